The van der Waals surface area contributed by atoms with Crippen LogP contribution in [0.2, 0.25) is 0 Å². The van der Waals surface area contributed by atoms with Crippen LogP contribution in [-0.4, -0.2) is 41.1 Å². The number of carboxylic acids is 1. The van der Waals surface area contributed by atoms with Crippen LogP contribution in [0.4, 0.5) is 0 Å². The number of benzene rings is 1. The Labute approximate surface area is 138 Å². The third-order valence-electron chi connectivity index (χ3n) is 3.72. The van der Waals surface area contributed by atoms with Crippen molar-refractivity contribution in [2.24, 2.45) is 5.92 Å². The first-order valence-electron chi connectivity index (χ1n) is 7.32. The molecule has 1 heterocycles. The second-order valence-corrected chi connectivity index (χ2v) is 6.53. The second-order valence-electron chi connectivity index (χ2n) is 5.61. The van der Waals surface area contributed by atoms with E-state index in [0.717, 1.165) is 10.0 Å². The van der Waals surface area contributed by atoms with Gasteiger partial charge in [-0.2, -0.15) is 0 Å². The van der Waals surface area contributed by atoms with Crippen molar-refractivity contribution in [3.05, 3.63) is 34.3 Å². The number of carbonyl (C=O) groups excluding carboxylic acids is 1. The van der Waals surface area contributed by atoms with E-state index in [1.165, 1.54) is 0 Å². The van der Waals surface area contributed by atoms with Crippen molar-refractivity contribution < 1.29 is 19.4 Å². The van der Waals surface area contributed by atoms with E-state index in [1.54, 1.807) is 4.90 Å². The van der Waals surface area contributed by atoms with Gasteiger partial charge in [-0.15, -0.1) is 0 Å². The molecule has 1 saturated heterocycles. The van der Waals surface area contributed by atoms with Gasteiger partial charge in [0.2, 0.25) is 5.91 Å². The third-order valence-corrected chi connectivity index (χ3v) is 4.21. The van der Waals surface area contributed by atoms with Crippen molar-refractivity contribution in [3.8, 4) is 0 Å². The summed E-state index contributed by atoms with van der Waals surface area (Å²) in [7, 11) is 0. The number of hydrogen-bond acceptors (Lipinski definition) is 3. The molecule has 0 bridgehead atoms. The third kappa shape index (κ3) is 4.81. The lowest BCUT2D eigenvalue weighted by Gasteiger charge is -2.25. The molecule has 1 aliphatic rings. The topological polar surface area (TPSA) is 66.8 Å². The van der Waals surface area contributed by atoms with E-state index < -0.39 is 5.97 Å². The number of halogens is 1. The van der Waals surface area contributed by atoms with Crippen molar-refractivity contribution in [1.29, 1.82) is 0 Å². The molecule has 2 unspecified atom stereocenters. The van der Waals surface area contributed by atoms with Gasteiger partial charge in [0, 0.05) is 17.6 Å². The molecular weight excluding hydrogens is 350 g/mol. The fourth-order valence-corrected chi connectivity index (χ4v) is 3.05. The van der Waals surface area contributed by atoms with Crippen molar-refractivity contribution in [3.63, 3.8) is 0 Å². The first kappa shape index (κ1) is 17.0. The summed E-state index contributed by atoms with van der Waals surface area (Å²) < 4.78 is 6.40. The largest absolute Gasteiger partial charge is 0.481 e. The zero-order chi connectivity index (χ0) is 16.1. The Balaban J connectivity index is 2.07. The van der Waals surface area contributed by atoms with Gasteiger partial charge in [0.15, 0.2) is 0 Å². The molecule has 0 aliphatic carbocycles. The monoisotopic (exact) mass is 369 g/mol. The minimum Gasteiger partial charge on any atom is -0.481 e. The molecule has 1 aromatic rings. The van der Waals surface area contributed by atoms with Gasteiger partial charge in [-0.3, -0.25) is 9.59 Å². The molecule has 1 fully saturated rings. The molecule has 0 radical (unpaired) electrons. The number of carboxylic acid groups (broad SMARTS) is 1. The van der Waals surface area contributed by atoms with Crippen molar-refractivity contribution in [1.82, 2.24) is 4.90 Å². The zero-order valence-corrected chi connectivity index (χ0v) is 14.1. The van der Waals surface area contributed by atoms with Crippen LogP contribution in [0, 0.1) is 5.92 Å². The maximum Gasteiger partial charge on any atom is 0.305 e. The molecule has 0 aromatic heterocycles. The molecule has 1 aliphatic heterocycles. The minimum atomic E-state index is -0.900. The molecule has 1 aromatic carbocycles. The van der Waals surface area contributed by atoms with E-state index >= 15 is 0 Å². The van der Waals surface area contributed by atoms with Gasteiger partial charge in [0.05, 0.1) is 25.0 Å². The number of nitrogens with zero attached hydrogens (tertiary/aromatic N) is 1. The van der Waals surface area contributed by atoms with Crippen molar-refractivity contribution in [2.45, 2.75) is 32.4 Å². The van der Waals surface area contributed by atoms with E-state index in [2.05, 4.69) is 15.9 Å². The van der Waals surface area contributed by atoms with Gasteiger partial charge in [-0.1, -0.05) is 28.1 Å². The Morgan fingerprint density at radius 3 is 2.82 bits per heavy atom. The normalized spacial score (nSPS) is 20.8. The molecule has 22 heavy (non-hydrogen) atoms. The van der Waals surface area contributed by atoms with Crippen LogP contribution in [0.5, 0.6) is 0 Å². The molecule has 1 N–H and O–H groups in total. The van der Waals surface area contributed by atoms with Crippen LogP contribution in [0.1, 0.15) is 25.3 Å². The lowest BCUT2D eigenvalue weighted by atomic mass is 10.0. The van der Waals surface area contributed by atoms with Crippen LogP contribution in [0.3, 0.4) is 0 Å². The molecular formula is C16H20BrNO4. The summed E-state index contributed by atoms with van der Waals surface area (Å²) in [5.41, 5.74) is 0.972. The predicted octanol–water partition coefficient (Wildman–Crippen LogP) is 2.68. The predicted molar refractivity (Wildman–Crippen MR) is 85.3 cm³/mol. The maximum absolute atomic E-state index is 12.6. The van der Waals surface area contributed by atoms with E-state index in [0.29, 0.717) is 19.6 Å². The summed E-state index contributed by atoms with van der Waals surface area (Å²) >= 11 is 3.41. The standard InChI is InChI=1S/C16H20BrNO4/c1-11-7-13(10-22-11)16(21)18(6-5-15(19)20)9-12-3-2-4-14(17)8-12/h2-4,8,11,13H,5-7,9-10H2,1H3,(H,19,20). The molecule has 120 valence electrons. The van der Waals surface area contributed by atoms with E-state index in [9.17, 15) is 9.59 Å². The summed E-state index contributed by atoms with van der Waals surface area (Å²) in [6, 6.07) is 7.69. The fraction of sp³-hybridized carbons (Fsp3) is 0.500. The highest BCUT2D eigenvalue weighted by Gasteiger charge is 2.31. The summed E-state index contributed by atoms with van der Waals surface area (Å²) in [4.78, 5) is 25.1. The van der Waals surface area contributed by atoms with Crippen LogP contribution in [0.25, 0.3) is 0 Å². The van der Waals surface area contributed by atoms with Crippen molar-refractivity contribution in [2.75, 3.05) is 13.2 Å². The Morgan fingerprint density at radius 1 is 1.45 bits per heavy atom. The minimum absolute atomic E-state index is 0.0226. The number of amides is 1. The first-order valence-corrected chi connectivity index (χ1v) is 8.11. The average Bonchev–Trinajstić information content (AvgIpc) is 2.89. The number of rotatable bonds is 6. The Bertz CT molecular complexity index is 549. The summed E-state index contributed by atoms with van der Waals surface area (Å²) in [5, 5.41) is 8.89. The smallest absolute Gasteiger partial charge is 0.305 e. The average molecular weight is 370 g/mol. The fourth-order valence-electron chi connectivity index (χ4n) is 2.60. The highest BCUT2D eigenvalue weighted by Crippen LogP contribution is 2.23. The first-order chi connectivity index (χ1) is 10.5. The zero-order valence-electron chi connectivity index (χ0n) is 12.5. The van der Waals surface area contributed by atoms with E-state index in [-0.39, 0.29) is 30.9 Å². The molecule has 5 nitrogen and oxygen atoms in total. The lowest BCUT2D eigenvalue weighted by Crippen LogP contribution is -2.37. The number of hydrogen-bond donors (Lipinski definition) is 1. The van der Waals surface area contributed by atoms with Crippen LogP contribution >= 0.6 is 15.9 Å². The quantitative estimate of drug-likeness (QED) is 0.836. The molecule has 2 atom stereocenters. The van der Waals surface area contributed by atoms with Gasteiger partial charge in [0.1, 0.15) is 0 Å². The molecule has 0 saturated carbocycles. The summed E-state index contributed by atoms with van der Waals surface area (Å²) in [6.07, 6.45) is 0.727. The van der Waals surface area contributed by atoms with Crippen LogP contribution in [0.15, 0.2) is 28.7 Å². The summed E-state index contributed by atoms with van der Waals surface area (Å²) in [5.74, 6) is -1.09. The van der Waals surface area contributed by atoms with Gasteiger partial charge in [-0.05, 0) is 31.0 Å². The van der Waals surface area contributed by atoms with Gasteiger partial charge in [0.25, 0.3) is 0 Å². The highest BCUT2D eigenvalue weighted by atomic mass is 79.9. The van der Waals surface area contributed by atoms with Crippen LogP contribution < -0.4 is 0 Å². The van der Waals surface area contributed by atoms with Gasteiger partial charge in [-0.25, -0.2) is 0 Å². The SMILES string of the molecule is CC1CC(C(=O)N(CCC(=O)O)Cc2cccc(Br)c2)CO1. The second kappa shape index (κ2) is 7.74. The van der Waals surface area contributed by atoms with E-state index in [4.69, 9.17) is 9.84 Å². The number of aliphatic carboxylic acids is 1. The van der Waals surface area contributed by atoms with Crippen molar-refractivity contribution >= 4 is 27.8 Å². The Kier molecular flexibility index (Phi) is 5.97. The summed E-state index contributed by atoms with van der Waals surface area (Å²) in [6.45, 7) is 2.99. The lowest BCUT2D eigenvalue weighted by molar-refractivity contribution is -0.140. The highest BCUT2D eigenvalue weighted by molar-refractivity contribution is 9.10. The van der Waals surface area contributed by atoms with E-state index in [1.807, 2.05) is 31.2 Å². The van der Waals surface area contributed by atoms with Gasteiger partial charge < -0.3 is 14.7 Å². The molecule has 1 amide bonds. The molecule has 6 heteroatoms. The molecule has 0 spiro atoms. The van der Waals surface area contributed by atoms with Crippen LogP contribution in [-0.2, 0) is 20.9 Å². The Hall–Kier alpha value is -1.40. The maximum atomic E-state index is 12.6. The van der Waals surface area contributed by atoms with Gasteiger partial charge >= 0.3 is 5.97 Å². The Morgan fingerprint density at radius 2 is 2.23 bits per heavy atom. The molecule has 2 rings (SSSR count). The number of carbonyl (C=O) groups is 2. The number of ether oxygens (including phenoxy) is 1.